The molecule has 1 N–H and O–H groups in total. The van der Waals surface area contributed by atoms with Gasteiger partial charge in [-0.1, -0.05) is 24.3 Å². The van der Waals surface area contributed by atoms with Gasteiger partial charge >= 0.3 is 0 Å². The van der Waals surface area contributed by atoms with E-state index in [-0.39, 0.29) is 11.9 Å². The highest BCUT2D eigenvalue weighted by Crippen LogP contribution is 2.21. The number of piperazine rings is 1. The van der Waals surface area contributed by atoms with E-state index in [4.69, 9.17) is 0 Å². The maximum atomic E-state index is 12.4. The number of carbonyl (C=O) groups excluding carboxylic acids is 1. The minimum atomic E-state index is -0.0673. The highest BCUT2D eigenvalue weighted by Gasteiger charge is 2.25. The van der Waals surface area contributed by atoms with Crippen molar-refractivity contribution in [2.24, 2.45) is 0 Å². The molecule has 3 rings (SSSR count). The predicted molar refractivity (Wildman–Crippen MR) is 105 cm³/mol. The van der Waals surface area contributed by atoms with Crippen LogP contribution in [0.25, 0.3) is 0 Å². The maximum absolute atomic E-state index is 12.4. The first kappa shape index (κ1) is 18.0. The molecule has 1 saturated heterocycles. The topological polar surface area (TPSA) is 35.6 Å². The van der Waals surface area contributed by atoms with Crippen molar-refractivity contribution in [2.45, 2.75) is 26.3 Å². The summed E-state index contributed by atoms with van der Waals surface area (Å²) >= 11 is 1.74. The highest BCUT2D eigenvalue weighted by molar-refractivity contribution is 7.09. The molecule has 1 fully saturated rings. The molecule has 1 amide bonds. The Bertz CT molecular complexity index is 678. The van der Waals surface area contributed by atoms with Gasteiger partial charge in [-0.15, -0.1) is 11.3 Å². The van der Waals surface area contributed by atoms with Crippen LogP contribution in [-0.2, 0) is 11.2 Å². The second-order valence-electron chi connectivity index (χ2n) is 6.61. The van der Waals surface area contributed by atoms with Crippen LogP contribution < -0.4 is 10.2 Å². The fraction of sp³-hybridized carbons (Fsp3) is 0.450. The van der Waals surface area contributed by atoms with Gasteiger partial charge in [0.1, 0.15) is 0 Å². The lowest BCUT2D eigenvalue weighted by Crippen LogP contribution is -2.54. The minimum absolute atomic E-state index is 0.0673. The van der Waals surface area contributed by atoms with Crippen LogP contribution >= 0.6 is 11.3 Å². The van der Waals surface area contributed by atoms with Crippen LogP contribution in [0.4, 0.5) is 5.69 Å². The SMILES string of the molecule is Cc1ccccc1N1CCN([C@H](C)C(=O)NCCc2cccs2)CC1. The van der Waals surface area contributed by atoms with Crippen LogP contribution in [-0.4, -0.2) is 49.6 Å². The maximum Gasteiger partial charge on any atom is 0.237 e. The number of aryl methyl sites for hydroxylation is 1. The number of benzene rings is 1. The number of anilines is 1. The van der Waals surface area contributed by atoms with Crippen LogP contribution in [0.3, 0.4) is 0 Å². The van der Waals surface area contributed by atoms with Crippen molar-refractivity contribution in [1.29, 1.82) is 0 Å². The van der Waals surface area contributed by atoms with Crippen molar-refractivity contribution >= 4 is 22.9 Å². The molecule has 0 radical (unpaired) electrons. The van der Waals surface area contributed by atoms with Gasteiger partial charge in [0.15, 0.2) is 0 Å². The minimum Gasteiger partial charge on any atom is -0.369 e. The monoisotopic (exact) mass is 357 g/mol. The van der Waals surface area contributed by atoms with Gasteiger partial charge in [-0.25, -0.2) is 0 Å². The molecule has 0 saturated carbocycles. The highest BCUT2D eigenvalue weighted by atomic mass is 32.1. The Morgan fingerprint density at radius 3 is 2.60 bits per heavy atom. The van der Waals surface area contributed by atoms with Gasteiger partial charge in [0, 0.05) is 43.3 Å². The first-order valence-corrected chi connectivity index (χ1v) is 9.88. The lowest BCUT2D eigenvalue weighted by molar-refractivity contribution is -0.125. The number of thiophene rings is 1. The Hall–Kier alpha value is -1.85. The molecular formula is C20H27N3OS. The van der Waals surface area contributed by atoms with E-state index in [2.05, 4.69) is 63.8 Å². The zero-order valence-electron chi connectivity index (χ0n) is 15.1. The molecular weight excluding hydrogens is 330 g/mol. The van der Waals surface area contributed by atoms with Crippen LogP contribution in [0, 0.1) is 6.92 Å². The van der Waals surface area contributed by atoms with Crippen molar-refractivity contribution in [1.82, 2.24) is 10.2 Å². The number of carbonyl (C=O) groups is 1. The molecule has 0 aliphatic carbocycles. The first-order chi connectivity index (χ1) is 12.1. The summed E-state index contributed by atoms with van der Waals surface area (Å²) < 4.78 is 0. The van der Waals surface area contributed by atoms with E-state index in [0.29, 0.717) is 6.54 Å². The molecule has 1 aliphatic rings. The first-order valence-electron chi connectivity index (χ1n) is 9.00. The van der Waals surface area contributed by atoms with Gasteiger partial charge in [0.05, 0.1) is 6.04 Å². The van der Waals surface area contributed by atoms with Crippen molar-refractivity contribution in [3.8, 4) is 0 Å². The Morgan fingerprint density at radius 1 is 1.16 bits per heavy atom. The molecule has 0 spiro atoms. The molecule has 0 bridgehead atoms. The molecule has 1 aromatic heterocycles. The average molecular weight is 358 g/mol. The van der Waals surface area contributed by atoms with Crippen molar-refractivity contribution in [3.63, 3.8) is 0 Å². The third-order valence-electron chi connectivity index (χ3n) is 4.95. The molecule has 5 heteroatoms. The van der Waals surface area contributed by atoms with E-state index < -0.39 is 0 Å². The van der Waals surface area contributed by atoms with E-state index in [1.165, 1.54) is 16.1 Å². The predicted octanol–water partition coefficient (Wildman–Crippen LogP) is 2.93. The molecule has 1 aliphatic heterocycles. The second kappa shape index (κ2) is 8.50. The van der Waals surface area contributed by atoms with Crippen LogP contribution in [0.5, 0.6) is 0 Å². The number of nitrogens with one attached hydrogen (secondary N) is 1. The summed E-state index contributed by atoms with van der Waals surface area (Å²) in [6.07, 6.45) is 0.914. The number of para-hydroxylation sites is 1. The number of hydrogen-bond acceptors (Lipinski definition) is 4. The standard InChI is InChI=1S/C20H27N3OS/c1-16-6-3-4-8-19(16)23-13-11-22(12-14-23)17(2)20(24)21-10-9-18-7-5-15-25-18/h3-8,15,17H,9-14H2,1-2H3,(H,21,24)/t17-/m1/s1. The molecule has 134 valence electrons. The lowest BCUT2D eigenvalue weighted by Gasteiger charge is -2.39. The molecule has 25 heavy (non-hydrogen) atoms. The average Bonchev–Trinajstić information content (AvgIpc) is 3.15. The molecule has 2 heterocycles. The van der Waals surface area contributed by atoms with Crippen LogP contribution in [0.15, 0.2) is 41.8 Å². The summed E-state index contributed by atoms with van der Waals surface area (Å²) in [5, 5.41) is 5.16. The molecule has 1 atom stereocenters. The third-order valence-corrected chi connectivity index (χ3v) is 5.88. The number of amides is 1. The summed E-state index contributed by atoms with van der Waals surface area (Å²) in [5.74, 6) is 0.140. The quantitative estimate of drug-likeness (QED) is 0.863. The number of nitrogens with zero attached hydrogens (tertiary/aromatic N) is 2. The van der Waals surface area contributed by atoms with Gasteiger partial charge in [0.25, 0.3) is 0 Å². The fourth-order valence-corrected chi connectivity index (χ4v) is 4.05. The largest absolute Gasteiger partial charge is 0.369 e. The lowest BCUT2D eigenvalue weighted by atomic mass is 10.1. The summed E-state index contributed by atoms with van der Waals surface area (Å²) in [6, 6.07) is 12.6. The number of rotatable bonds is 6. The number of hydrogen-bond donors (Lipinski definition) is 1. The second-order valence-corrected chi connectivity index (χ2v) is 7.64. The summed E-state index contributed by atoms with van der Waals surface area (Å²) in [4.78, 5) is 18.4. The van der Waals surface area contributed by atoms with E-state index in [1.54, 1.807) is 11.3 Å². The van der Waals surface area contributed by atoms with Crippen LogP contribution in [0.1, 0.15) is 17.4 Å². The Balaban J connectivity index is 1.45. The zero-order valence-corrected chi connectivity index (χ0v) is 15.9. The summed E-state index contributed by atoms with van der Waals surface area (Å²) in [5.41, 5.74) is 2.63. The Labute approximate surface area is 154 Å². The molecule has 0 unspecified atom stereocenters. The normalized spacial score (nSPS) is 16.6. The molecule has 2 aromatic rings. The fourth-order valence-electron chi connectivity index (χ4n) is 3.35. The third kappa shape index (κ3) is 4.61. The van der Waals surface area contributed by atoms with Crippen molar-refractivity contribution in [3.05, 3.63) is 52.2 Å². The van der Waals surface area contributed by atoms with E-state index in [0.717, 1.165) is 32.6 Å². The van der Waals surface area contributed by atoms with Crippen molar-refractivity contribution < 1.29 is 4.79 Å². The van der Waals surface area contributed by atoms with Gasteiger partial charge < -0.3 is 10.2 Å². The van der Waals surface area contributed by atoms with E-state index in [9.17, 15) is 4.79 Å². The van der Waals surface area contributed by atoms with Gasteiger partial charge in [-0.3, -0.25) is 9.69 Å². The zero-order chi connectivity index (χ0) is 17.6. The van der Waals surface area contributed by atoms with Gasteiger partial charge in [0.2, 0.25) is 5.91 Å². The smallest absolute Gasteiger partial charge is 0.237 e. The van der Waals surface area contributed by atoms with Crippen LogP contribution in [0.2, 0.25) is 0 Å². The Kier molecular flexibility index (Phi) is 6.10. The van der Waals surface area contributed by atoms with Gasteiger partial charge in [-0.2, -0.15) is 0 Å². The van der Waals surface area contributed by atoms with E-state index in [1.807, 2.05) is 6.92 Å². The molecule has 1 aromatic carbocycles. The van der Waals surface area contributed by atoms with Crippen molar-refractivity contribution in [2.75, 3.05) is 37.6 Å². The molecule has 4 nitrogen and oxygen atoms in total. The van der Waals surface area contributed by atoms with E-state index >= 15 is 0 Å². The Morgan fingerprint density at radius 2 is 1.92 bits per heavy atom. The summed E-state index contributed by atoms with van der Waals surface area (Å²) in [7, 11) is 0. The van der Waals surface area contributed by atoms with Gasteiger partial charge in [-0.05, 0) is 43.3 Å². The summed E-state index contributed by atoms with van der Waals surface area (Å²) in [6.45, 7) is 8.68.